The van der Waals surface area contributed by atoms with E-state index >= 15 is 0 Å². The Kier molecular flexibility index (Phi) is 3.00. The van der Waals surface area contributed by atoms with Crippen molar-refractivity contribution in [3.8, 4) is 0 Å². The third kappa shape index (κ3) is 2.48. The van der Waals surface area contributed by atoms with E-state index in [2.05, 4.69) is 0 Å². The second-order valence-electron chi connectivity index (χ2n) is 5.16. The van der Waals surface area contributed by atoms with Gasteiger partial charge in [-0.3, -0.25) is 4.79 Å². The van der Waals surface area contributed by atoms with Crippen LogP contribution in [0.5, 0.6) is 0 Å². The summed E-state index contributed by atoms with van der Waals surface area (Å²) in [5, 5.41) is 0. The highest BCUT2D eigenvalue weighted by Crippen LogP contribution is 2.60. The number of hydrogen-bond donors (Lipinski definition) is 1. The predicted molar refractivity (Wildman–Crippen MR) is 51.5 cm³/mol. The molecule has 6 heteroatoms. The fraction of sp³-hybridized carbons (Fsp3) is 0.900. The van der Waals surface area contributed by atoms with Crippen LogP contribution in [0.2, 0.25) is 0 Å². The highest BCUT2D eigenvalue weighted by atomic mass is 19.4. The average molecular weight is 239 g/mol. The molecule has 1 rings (SSSR count). The normalized spacial score (nSPS) is 30.1. The summed E-state index contributed by atoms with van der Waals surface area (Å²) in [4.78, 5) is 11.6. The Morgan fingerprint density at radius 2 is 1.94 bits per heavy atom. The van der Waals surface area contributed by atoms with Crippen LogP contribution in [0, 0.1) is 11.3 Å². The molecule has 0 aromatic carbocycles. The third-order valence-corrected chi connectivity index (χ3v) is 2.64. The molecule has 0 aliphatic heterocycles. The van der Waals surface area contributed by atoms with Gasteiger partial charge in [0.05, 0.1) is 11.3 Å². The van der Waals surface area contributed by atoms with Crippen molar-refractivity contribution >= 4 is 5.97 Å². The van der Waals surface area contributed by atoms with Crippen LogP contribution in [0.4, 0.5) is 13.2 Å². The van der Waals surface area contributed by atoms with E-state index in [1.165, 1.54) is 0 Å². The molecule has 1 saturated carbocycles. The summed E-state index contributed by atoms with van der Waals surface area (Å²) < 4.78 is 42.3. The van der Waals surface area contributed by atoms with E-state index in [1.807, 2.05) is 0 Å². The molecule has 2 atom stereocenters. The summed E-state index contributed by atoms with van der Waals surface area (Å²) in [5.74, 6) is -2.50. The van der Waals surface area contributed by atoms with Gasteiger partial charge in [0.25, 0.3) is 0 Å². The van der Waals surface area contributed by atoms with E-state index in [-0.39, 0.29) is 13.0 Å². The molecule has 0 spiro atoms. The Balaban J connectivity index is 2.76. The lowest BCUT2D eigenvalue weighted by atomic mass is 10.0. The monoisotopic (exact) mass is 239 g/mol. The van der Waals surface area contributed by atoms with Gasteiger partial charge in [0.2, 0.25) is 0 Å². The Labute approximate surface area is 92.1 Å². The summed E-state index contributed by atoms with van der Waals surface area (Å²) in [5.41, 5.74) is 2.93. The number of carbonyl (C=O) groups excluding carboxylic acids is 1. The zero-order valence-electron chi connectivity index (χ0n) is 9.52. The van der Waals surface area contributed by atoms with E-state index in [1.54, 1.807) is 20.8 Å². The van der Waals surface area contributed by atoms with E-state index in [4.69, 9.17) is 10.5 Å². The maximum atomic E-state index is 12.5. The minimum Gasteiger partial charge on any atom is -0.459 e. The van der Waals surface area contributed by atoms with Crippen LogP contribution < -0.4 is 5.73 Å². The smallest absolute Gasteiger partial charge is 0.393 e. The second-order valence-corrected chi connectivity index (χ2v) is 5.16. The molecular formula is C10H16F3NO2. The number of rotatable bonds is 2. The first-order valence-electron chi connectivity index (χ1n) is 5.03. The van der Waals surface area contributed by atoms with Crippen molar-refractivity contribution in [1.82, 2.24) is 0 Å². The van der Waals surface area contributed by atoms with E-state index < -0.39 is 29.1 Å². The van der Waals surface area contributed by atoms with Crippen LogP contribution in [-0.2, 0) is 9.53 Å². The quantitative estimate of drug-likeness (QED) is 0.748. The molecule has 0 aromatic rings. The third-order valence-electron chi connectivity index (χ3n) is 2.64. The summed E-state index contributed by atoms with van der Waals surface area (Å²) in [6, 6.07) is 0. The Bertz CT molecular complexity index is 295. The molecule has 0 aromatic heterocycles. The summed E-state index contributed by atoms with van der Waals surface area (Å²) >= 11 is 0. The minimum atomic E-state index is -4.38. The number of alkyl halides is 3. The van der Waals surface area contributed by atoms with Crippen molar-refractivity contribution < 1.29 is 22.7 Å². The number of nitrogens with two attached hydrogens (primary N) is 1. The van der Waals surface area contributed by atoms with E-state index in [0.717, 1.165) is 0 Å². The molecule has 3 nitrogen and oxygen atoms in total. The van der Waals surface area contributed by atoms with Crippen molar-refractivity contribution in [2.75, 3.05) is 6.54 Å². The Hall–Kier alpha value is -0.780. The van der Waals surface area contributed by atoms with Gasteiger partial charge in [-0.05, 0) is 27.2 Å². The predicted octanol–water partition coefficient (Wildman–Crippen LogP) is 1.86. The van der Waals surface area contributed by atoms with Crippen LogP contribution >= 0.6 is 0 Å². The Morgan fingerprint density at radius 3 is 2.19 bits per heavy atom. The van der Waals surface area contributed by atoms with E-state index in [0.29, 0.717) is 0 Å². The number of halogens is 3. The molecule has 0 saturated heterocycles. The van der Waals surface area contributed by atoms with Crippen molar-refractivity contribution in [2.24, 2.45) is 17.1 Å². The first kappa shape index (κ1) is 13.3. The van der Waals surface area contributed by atoms with Crippen molar-refractivity contribution in [3.05, 3.63) is 0 Å². The van der Waals surface area contributed by atoms with Gasteiger partial charge < -0.3 is 10.5 Å². The molecule has 1 aliphatic carbocycles. The summed E-state index contributed by atoms with van der Waals surface area (Å²) in [6.45, 7) is 4.51. The molecule has 16 heavy (non-hydrogen) atoms. The van der Waals surface area contributed by atoms with Gasteiger partial charge >= 0.3 is 12.1 Å². The number of ether oxygens (including phenoxy) is 1. The van der Waals surface area contributed by atoms with Crippen LogP contribution in [0.3, 0.4) is 0 Å². The van der Waals surface area contributed by atoms with Gasteiger partial charge in [0, 0.05) is 6.54 Å². The first-order valence-corrected chi connectivity index (χ1v) is 5.03. The Morgan fingerprint density at radius 1 is 1.44 bits per heavy atom. The average Bonchev–Trinajstić information content (AvgIpc) is 2.74. The summed E-state index contributed by atoms with van der Waals surface area (Å²) in [6.07, 6.45) is -4.64. The molecular weight excluding hydrogens is 223 g/mol. The number of esters is 1. The highest BCUT2D eigenvalue weighted by molar-refractivity contribution is 5.81. The molecule has 1 aliphatic rings. The molecule has 94 valence electrons. The maximum absolute atomic E-state index is 12.5. The van der Waals surface area contributed by atoms with Gasteiger partial charge in [-0.1, -0.05) is 0 Å². The summed E-state index contributed by atoms with van der Waals surface area (Å²) in [7, 11) is 0. The van der Waals surface area contributed by atoms with Crippen LogP contribution in [0.25, 0.3) is 0 Å². The fourth-order valence-electron chi connectivity index (χ4n) is 1.65. The second kappa shape index (κ2) is 3.61. The molecule has 2 N–H and O–H groups in total. The number of hydrogen-bond acceptors (Lipinski definition) is 3. The molecule has 0 heterocycles. The molecule has 2 unspecified atom stereocenters. The van der Waals surface area contributed by atoms with Gasteiger partial charge in [0.1, 0.15) is 5.60 Å². The van der Waals surface area contributed by atoms with Crippen LogP contribution in [0.1, 0.15) is 27.2 Å². The molecule has 0 bridgehead atoms. The largest absolute Gasteiger partial charge is 0.459 e. The van der Waals surface area contributed by atoms with Gasteiger partial charge in [-0.15, -0.1) is 0 Å². The standard InChI is InChI=1S/C10H16F3NO2/c1-8(2,3)16-7(15)9(5-14)4-6(9)10(11,12)13/h6H,4-5,14H2,1-3H3. The molecule has 1 fully saturated rings. The van der Waals surface area contributed by atoms with Crippen LogP contribution in [-0.4, -0.2) is 24.3 Å². The van der Waals surface area contributed by atoms with Crippen LogP contribution in [0.15, 0.2) is 0 Å². The lowest BCUT2D eigenvalue weighted by Gasteiger charge is -2.24. The SMILES string of the molecule is CC(C)(C)OC(=O)C1(CN)CC1C(F)(F)F. The van der Waals surface area contributed by atoms with Gasteiger partial charge in [0.15, 0.2) is 0 Å². The number of carbonyl (C=O) groups is 1. The van der Waals surface area contributed by atoms with Crippen molar-refractivity contribution in [2.45, 2.75) is 39.0 Å². The molecule has 0 amide bonds. The lowest BCUT2D eigenvalue weighted by molar-refractivity contribution is -0.177. The van der Waals surface area contributed by atoms with Crippen molar-refractivity contribution in [1.29, 1.82) is 0 Å². The zero-order valence-corrected chi connectivity index (χ0v) is 9.52. The highest BCUT2D eigenvalue weighted by Gasteiger charge is 2.71. The maximum Gasteiger partial charge on any atom is 0.393 e. The fourth-order valence-corrected chi connectivity index (χ4v) is 1.65. The lowest BCUT2D eigenvalue weighted by Crippen LogP contribution is -2.37. The van der Waals surface area contributed by atoms with Crippen molar-refractivity contribution in [3.63, 3.8) is 0 Å². The minimum absolute atomic E-state index is 0.262. The van der Waals surface area contributed by atoms with Gasteiger partial charge in [-0.25, -0.2) is 0 Å². The molecule has 0 radical (unpaired) electrons. The topological polar surface area (TPSA) is 52.3 Å². The van der Waals surface area contributed by atoms with E-state index in [9.17, 15) is 18.0 Å². The van der Waals surface area contributed by atoms with Gasteiger partial charge in [-0.2, -0.15) is 13.2 Å². The zero-order chi connectivity index (χ0) is 12.8. The first-order chi connectivity index (χ1) is 7.03.